The number of hydrogen-bond acceptors (Lipinski definition) is 7. The number of fused-ring (bicyclic) bond motifs is 6. The third-order valence-electron chi connectivity index (χ3n) is 14.6. The molecule has 5 aliphatic carbocycles. The van der Waals surface area contributed by atoms with Crippen LogP contribution in [0.4, 0.5) is 0 Å². The predicted molar refractivity (Wildman–Crippen MR) is 174 cm³/mol. The lowest BCUT2D eigenvalue weighted by Crippen LogP contribution is -2.67. The van der Waals surface area contributed by atoms with E-state index < -0.39 is 0 Å². The predicted octanol–water partition coefficient (Wildman–Crippen LogP) is 6.45. The van der Waals surface area contributed by atoms with Gasteiger partial charge >= 0.3 is 0 Å². The molecule has 5 saturated carbocycles. The van der Waals surface area contributed by atoms with Gasteiger partial charge in [-0.05, 0) is 99.7 Å². The van der Waals surface area contributed by atoms with Crippen LogP contribution in [0.3, 0.4) is 0 Å². The number of thioether (sulfide) groups is 1. The summed E-state index contributed by atoms with van der Waals surface area (Å²) in [6.45, 7) is 1.80. The van der Waals surface area contributed by atoms with E-state index in [0.29, 0.717) is 31.0 Å². The number of rotatable bonds is 3. The first-order chi connectivity index (χ1) is 21.7. The summed E-state index contributed by atoms with van der Waals surface area (Å²) in [5.41, 5.74) is 0. The highest BCUT2D eigenvalue weighted by Gasteiger charge is 2.60. The van der Waals surface area contributed by atoms with Gasteiger partial charge in [0.25, 0.3) is 0 Å². The van der Waals surface area contributed by atoms with E-state index >= 15 is 0 Å². The lowest BCUT2D eigenvalue weighted by atomic mass is 9.62. The molecule has 8 rings (SSSR count). The fourth-order valence-electron chi connectivity index (χ4n) is 13.0. The molecule has 6 nitrogen and oxygen atoms in total. The van der Waals surface area contributed by atoms with Gasteiger partial charge in [-0.3, -0.25) is 4.90 Å². The molecule has 8 aliphatic rings. The summed E-state index contributed by atoms with van der Waals surface area (Å²) in [7, 11) is 0. The van der Waals surface area contributed by atoms with Crippen LogP contribution in [0.1, 0.15) is 103 Å². The van der Waals surface area contributed by atoms with Gasteiger partial charge in [-0.1, -0.05) is 38.5 Å². The highest BCUT2D eigenvalue weighted by Crippen LogP contribution is 2.60. The Bertz CT molecular complexity index is 1120. The summed E-state index contributed by atoms with van der Waals surface area (Å²) in [6.07, 6.45) is 21.7. The van der Waals surface area contributed by atoms with Crippen molar-refractivity contribution >= 4 is 11.8 Å². The first kappa shape index (κ1) is 30.1. The summed E-state index contributed by atoms with van der Waals surface area (Å²) in [6, 6.07) is 9.79. The third-order valence-corrected chi connectivity index (χ3v) is 16.4. The van der Waals surface area contributed by atoms with Gasteiger partial charge in [-0.2, -0.15) is 27.5 Å². The van der Waals surface area contributed by atoms with E-state index in [-0.39, 0.29) is 29.6 Å². The van der Waals surface area contributed by atoms with Gasteiger partial charge in [0.15, 0.2) is 0 Å². The molecule has 0 amide bonds. The van der Waals surface area contributed by atoms with E-state index in [0.717, 1.165) is 59.3 Å². The van der Waals surface area contributed by atoms with Crippen LogP contribution in [-0.4, -0.2) is 52.8 Å². The van der Waals surface area contributed by atoms with Gasteiger partial charge in [0.05, 0.1) is 36.2 Å². The zero-order valence-corrected chi connectivity index (χ0v) is 27.5. The van der Waals surface area contributed by atoms with Gasteiger partial charge in [-0.15, -0.1) is 0 Å². The van der Waals surface area contributed by atoms with Crippen molar-refractivity contribution in [2.24, 2.45) is 59.2 Å². The summed E-state index contributed by atoms with van der Waals surface area (Å²) < 4.78 is 0. The Hall–Kier alpha value is -1.30. The first-order valence-corrected chi connectivity index (χ1v) is 19.7. The number of nitrogens with one attached hydrogen (secondary N) is 2. The van der Waals surface area contributed by atoms with Crippen LogP contribution in [0, 0.1) is 93.2 Å². The molecule has 12 unspecified atom stereocenters. The van der Waals surface area contributed by atoms with Crippen molar-refractivity contribution in [1.29, 1.82) is 15.8 Å². The normalized spacial score (nSPS) is 52.3. The molecule has 3 saturated heterocycles. The molecule has 0 spiro atoms. The molecular weight excluding hydrogens is 561 g/mol. The van der Waals surface area contributed by atoms with Crippen molar-refractivity contribution in [2.75, 3.05) is 13.1 Å². The molecule has 44 heavy (non-hydrogen) atoms. The molecule has 12 atom stereocenters. The molecule has 2 N–H and O–H groups in total. The van der Waals surface area contributed by atoms with Crippen molar-refractivity contribution in [3.63, 3.8) is 0 Å². The minimum atomic E-state index is -0.194. The average molecular weight is 615 g/mol. The van der Waals surface area contributed by atoms with Gasteiger partial charge in [-0.25, -0.2) is 0 Å². The monoisotopic (exact) mass is 614 g/mol. The lowest BCUT2D eigenvalue weighted by Gasteiger charge is -2.54. The third kappa shape index (κ3) is 5.05. The number of nitrogens with zero attached hydrogens (tertiary/aromatic N) is 4. The van der Waals surface area contributed by atoms with Crippen LogP contribution < -0.4 is 10.6 Å². The highest BCUT2D eigenvalue weighted by molar-refractivity contribution is 8.00. The van der Waals surface area contributed by atoms with Crippen molar-refractivity contribution in [1.82, 2.24) is 15.5 Å². The topological polar surface area (TPSA) is 98.7 Å². The van der Waals surface area contributed by atoms with E-state index in [4.69, 9.17) is 0 Å². The van der Waals surface area contributed by atoms with E-state index in [1.54, 1.807) is 0 Å². The first-order valence-electron chi connectivity index (χ1n) is 18.8. The fraction of sp³-hybridized carbons (Fsp3) is 0.919. The molecular formula is C37H54N6S. The van der Waals surface area contributed by atoms with Crippen LogP contribution in [0.2, 0.25) is 0 Å². The molecule has 3 aliphatic heterocycles. The summed E-state index contributed by atoms with van der Waals surface area (Å²) >= 11 is 2.40. The molecule has 3 heterocycles. The quantitative estimate of drug-likeness (QED) is 0.377. The Morgan fingerprint density at radius 3 is 1.75 bits per heavy atom. The van der Waals surface area contributed by atoms with Crippen molar-refractivity contribution < 1.29 is 0 Å². The van der Waals surface area contributed by atoms with Crippen LogP contribution in [-0.2, 0) is 0 Å². The zero-order valence-electron chi connectivity index (χ0n) is 26.7. The SMILES string of the molecule is N#CC1CC(C#N)C(C2CNC(C3C4C(CCC3N3C5CCCCC5C5CCCCC53)SC3CCCCC34)NC2)C(C#N)C1. The van der Waals surface area contributed by atoms with Gasteiger partial charge in [0.2, 0.25) is 0 Å². The Labute approximate surface area is 270 Å². The summed E-state index contributed by atoms with van der Waals surface area (Å²) in [5.74, 6) is 4.00. The van der Waals surface area contributed by atoms with E-state index in [9.17, 15) is 15.8 Å². The Morgan fingerprint density at radius 2 is 1.14 bits per heavy atom. The van der Waals surface area contributed by atoms with Crippen LogP contribution in [0.25, 0.3) is 0 Å². The van der Waals surface area contributed by atoms with Gasteiger partial charge in [0, 0.05) is 53.6 Å². The smallest absolute Gasteiger partial charge is 0.0659 e. The van der Waals surface area contributed by atoms with E-state index in [1.165, 1.54) is 89.9 Å². The molecule has 0 aromatic heterocycles. The Morgan fingerprint density at radius 1 is 0.545 bits per heavy atom. The molecule has 0 aromatic carbocycles. The van der Waals surface area contributed by atoms with Crippen LogP contribution in [0.15, 0.2) is 0 Å². The second-order valence-electron chi connectivity index (χ2n) is 16.3. The van der Waals surface area contributed by atoms with Crippen LogP contribution >= 0.6 is 11.8 Å². The molecule has 7 heteroatoms. The van der Waals surface area contributed by atoms with E-state index in [2.05, 4.69) is 45.5 Å². The van der Waals surface area contributed by atoms with Crippen molar-refractivity contribution in [3.05, 3.63) is 0 Å². The molecule has 238 valence electrons. The molecule has 0 bridgehead atoms. The fourth-order valence-corrected chi connectivity index (χ4v) is 15.2. The standard InChI is InChI=1S/C37H54N6S/c38-17-22-15-23(18-39)34(24(16-22)19-40)25-20-41-37(42-21-25)36-31(13-14-33-35(36)28-9-3-6-12-32(28)44-33)43-29-10-4-1-7-26(29)27-8-2-5-11-30(27)43/h22-37,41-42H,1-16,20-21H2. The summed E-state index contributed by atoms with van der Waals surface area (Å²) in [5, 5.41) is 39.8. The van der Waals surface area contributed by atoms with Crippen molar-refractivity contribution in [2.45, 2.75) is 138 Å². The highest BCUT2D eigenvalue weighted by atomic mass is 32.2. The minimum Gasteiger partial charge on any atom is -0.301 e. The Balaban J connectivity index is 1.08. The number of hydrogen-bond donors (Lipinski definition) is 2. The maximum atomic E-state index is 10.1. The van der Waals surface area contributed by atoms with Crippen molar-refractivity contribution in [3.8, 4) is 18.2 Å². The molecule has 8 fully saturated rings. The minimum absolute atomic E-state index is 0.0554. The largest absolute Gasteiger partial charge is 0.301 e. The maximum absolute atomic E-state index is 10.1. The second kappa shape index (κ2) is 12.7. The Kier molecular flexibility index (Phi) is 8.69. The van der Waals surface area contributed by atoms with Gasteiger partial charge in [0.1, 0.15) is 0 Å². The van der Waals surface area contributed by atoms with Gasteiger partial charge < -0.3 is 10.6 Å². The maximum Gasteiger partial charge on any atom is 0.0659 e. The van der Waals surface area contributed by atoms with E-state index in [1.807, 2.05) is 0 Å². The average Bonchev–Trinajstić information content (AvgIpc) is 3.63. The zero-order chi connectivity index (χ0) is 29.8. The second-order valence-corrected chi connectivity index (χ2v) is 17.8. The summed E-state index contributed by atoms with van der Waals surface area (Å²) in [4.78, 5) is 3.23. The van der Waals surface area contributed by atoms with Crippen LogP contribution in [0.5, 0.6) is 0 Å². The molecule has 0 radical (unpaired) electrons. The lowest BCUT2D eigenvalue weighted by molar-refractivity contribution is -0.0310. The molecule has 0 aromatic rings. The number of nitriles is 3. The number of likely N-dealkylation sites (tertiary alicyclic amines) is 1.